The molecule has 1 aromatic heterocycles. The zero-order valence-corrected chi connectivity index (χ0v) is 13.4. The number of nitrogens with zero attached hydrogens (tertiary/aromatic N) is 1. The first kappa shape index (κ1) is 13.5. The first-order valence-electron chi connectivity index (χ1n) is 8.10. The van der Waals surface area contributed by atoms with E-state index in [1.54, 1.807) is 0 Å². The Morgan fingerprint density at radius 3 is 2.62 bits per heavy atom. The molecule has 110 valence electrons. The van der Waals surface area contributed by atoms with Crippen molar-refractivity contribution in [3.8, 4) is 0 Å². The SMILES string of the molecule is CCNCc1sc(C2(c3ccccc3)CC2)nc1C1CC1. The van der Waals surface area contributed by atoms with Gasteiger partial charge in [0.2, 0.25) is 0 Å². The number of benzene rings is 1. The van der Waals surface area contributed by atoms with E-state index in [0.29, 0.717) is 0 Å². The van der Waals surface area contributed by atoms with E-state index in [-0.39, 0.29) is 5.41 Å². The van der Waals surface area contributed by atoms with Crippen molar-refractivity contribution in [1.82, 2.24) is 10.3 Å². The summed E-state index contributed by atoms with van der Waals surface area (Å²) in [7, 11) is 0. The lowest BCUT2D eigenvalue weighted by Crippen LogP contribution is -2.11. The molecule has 2 saturated carbocycles. The van der Waals surface area contributed by atoms with Gasteiger partial charge < -0.3 is 5.32 Å². The van der Waals surface area contributed by atoms with Gasteiger partial charge >= 0.3 is 0 Å². The number of rotatable bonds is 6. The first-order chi connectivity index (χ1) is 10.3. The average Bonchev–Trinajstić information content (AvgIpc) is 3.45. The summed E-state index contributed by atoms with van der Waals surface area (Å²) in [6.07, 6.45) is 5.19. The Hall–Kier alpha value is -1.19. The third-order valence-electron chi connectivity index (χ3n) is 4.71. The molecule has 4 rings (SSSR count). The second-order valence-corrected chi connectivity index (χ2v) is 7.41. The summed E-state index contributed by atoms with van der Waals surface area (Å²) in [5.41, 5.74) is 3.09. The van der Waals surface area contributed by atoms with Gasteiger partial charge in [0.05, 0.1) is 5.69 Å². The van der Waals surface area contributed by atoms with Crippen molar-refractivity contribution in [3.05, 3.63) is 51.5 Å². The van der Waals surface area contributed by atoms with E-state index in [1.807, 2.05) is 11.3 Å². The van der Waals surface area contributed by atoms with E-state index < -0.39 is 0 Å². The number of hydrogen-bond donors (Lipinski definition) is 1. The van der Waals surface area contributed by atoms with Gasteiger partial charge in [0, 0.05) is 22.8 Å². The molecule has 2 aliphatic rings. The fourth-order valence-electron chi connectivity index (χ4n) is 3.12. The predicted octanol–water partition coefficient (Wildman–Crippen LogP) is 4.21. The minimum absolute atomic E-state index is 0.236. The van der Waals surface area contributed by atoms with Crippen LogP contribution >= 0.6 is 11.3 Å². The molecule has 0 saturated heterocycles. The van der Waals surface area contributed by atoms with Gasteiger partial charge in [0.1, 0.15) is 5.01 Å². The Kier molecular flexibility index (Phi) is 3.35. The molecule has 2 nitrogen and oxygen atoms in total. The van der Waals surface area contributed by atoms with Crippen molar-refractivity contribution in [2.75, 3.05) is 6.54 Å². The molecule has 21 heavy (non-hydrogen) atoms. The van der Waals surface area contributed by atoms with E-state index in [4.69, 9.17) is 4.98 Å². The van der Waals surface area contributed by atoms with Crippen LogP contribution < -0.4 is 5.32 Å². The molecule has 2 aliphatic carbocycles. The molecule has 0 radical (unpaired) electrons. The molecular weight excluding hydrogens is 276 g/mol. The molecule has 1 N–H and O–H groups in total. The lowest BCUT2D eigenvalue weighted by atomic mass is 9.97. The topological polar surface area (TPSA) is 24.9 Å². The van der Waals surface area contributed by atoms with Crippen molar-refractivity contribution in [3.63, 3.8) is 0 Å². The van der Waals surface area contributed by atoms with Gasteiger partial charge in [-0.25, -0.2) is 4.98 Å². The summed E-state index contributed by atoms with van der Waals surface area (Å²) < 4.78 is 0. The summed E-state index contributed by atoms with van der Waals surface area (Å²) in [5.74, 6) is 0.746. The number of thiazole rings is 1. The van der Waals surface area contributed by atoms with Crippen LogP contribution in [0, 0.1) is 0 Å². The van der Waals surface area contributed by atoms with Crippen LogP contribution in [-0.4, -0.2) is 11.5 Å². The zero-order chi connectivity index (χ0) is 14.3. The molecule has 0 aliphatic heterocycles. The predicted molar refractivity (Wildman–Crippen MR) is 87.9 cm³/mol. The van der Waals surface area contributed by atoms with Crippen LogP contribution in [0.3, 0.4) is 0 Å². The smallest absolute Gasteiger partial charge is 0.104 e. The van der Waals surface area contributed by atoms with E-state index in [2.05, 4.69) is 42.6 Å². The van der Waals surface area contributed by atoms with Gasteiger partial charge in [-0.05, 0) is 37.8 Å². The Morgan fingerprint density at radius 1 is 1.24 bits per heavy atom. The summed E-state index contributed by atoms with van der Waals surface area (Å²) >= 11 is 1.96. The van der Waals surface area contributed by atoms with Gasteiger partial charge in [-0.1, -0.05) is 37.3 Å². The Balaban J connectivity index is 1.69. The van der Waals surface area contributed by atoms with Crippen LogP contribution in [0.15, 0.2) is 30.3 Å². The van der Waals surface area contributed by atoms with Crippen LogP contribution in [0.4, 0.5) is 0 Å². The first-order valence-corrected chi connectivity index (χ1v) is 8.91. The molecule has 0 amide bonds. The highest BCUT2D eigenvalue weighted by atomic mass is 32.1. The molecule has 1 aromatic carbocycles. The van der Waals surface area contributed by atoms with Gasteiger partial charge in [-0.2, -0.15) is 0 Å². The van der Waals surface area contributed by atoms with Gasteiger partial charge in [-0.3, -0.25) is 0 Å². The largest absolute Gasteiger partial charge is 0.312 e. The van der Waals surface area contributed by atoms with Gasteiger partial charge in [0.15, 0.2) is 0 Å². The maximum absolute atomic E-state index is 5.11. The molecule has 2 aromatic rings. The third kappa shape index (κ3) is 2.43. The fourth-order valence-corrected chi connectivity index (χ4v) is 4.50. The quantitative estimate of drug-likeness (QED) is 0.864. The Morgan fingerprint density at radius 2 is 2.00 bits per heavy atom. The summed E-state index contributed by atoms with van der Waals surface area (Å²) in [6, 6.07) is 11.0. The van der Waals surface area contributed by atoms with E-state index in [0.717, 1.165) is 19.0 Å². The second-order valence-electron chi connectivity index (χ2n) is 6.33. The molecular formula is C18H22N2S. The van der Waals surface area contributed by atoms with E-state index in [9.17, 15) is 0 Å². The normalized spacial score (nSPS) is 19.7. The lowest BCUT2D eigenvalue weighted by Gasteiger charge is -2.12. The molecule has 3 heteroatoms. The summed E-state index contributed by atoms with van der Waals surface area (Å²) in [6.45, 7) is 4.19. The van der Waals surface area contributed by atoms with Crippen molar-refractivity contribution >= 4 is 11.3 Å². The standard InChI is InChI=1S/C18H22N2S/c1-2-19-12-15-16(13-8-9-13)20-17(21-15)18(10-11-18)14-6-4-3-5-7-14/h3-7,13,19H,2,8-12H2,1H3. The van der Waals surface area contributed by atoms with Crippen LogP contribution in [0.2, 0.25) is 0 Å². The highest BCUT2D eigenvalue weighted by molar-refractivity contribution is 7.12. The summed E-state index contributed by atoms with van der Waals surface area (Å²) in [5, 5.41) is 4.85. The molecule has 0 atom stereocenters. The lowest BCUT2D eigenvalue weighted by molar-refractivity contribution is 0.725. The monoisotopic (exact) mass is 298 g/mol. The van der Waals surface area contributed by atoms with Crippen LogP contribution in [-0.2, 0) is 12.0 Å². The highest BCUT2D eigenvalue weighted by Crippen LogP contribution is 2.56. The second kappa shape index (κ2) is 5.22. The number of aromatic nitrogens is 1. The summed E-state index contributed by atoms with van der Waals surface area (Å²) in [4.78, 5) is 6.60. The maximum atomic E-state index is 5.11. The minimum atomic E-state index is 0.236. The zero-order valence-electron chi connectivity index (χ0n) is 12.6. The maximum Gasteiger partial charge on any atom is 0.104 e. The Labute approximate surface area is 130 Å². The third-order valence-corrected chi connectivity index (χ3v) is 5.99. The number of hydrogen-bond acceptors (Lipinski definition) is 3. The molecule has 0 bridgehead atoms. The molecule has 0 spiro atoms. The van der Waals surface area contributed by atoms with Crippen molar-refractivity contribution in [2.24, 2.45) is 0 Å². The van der Waals surface area contributed by atoms with Crippen LogP contribution in [0.5, 0.6) is 0 Å². The number of nitrogens with one attached hydrogen (secondary N) is 1. The van der Waals surface area contributed by atoms with Crippen LogP contribution in [0.25, 0.3) is 0 Å². The van der Waals surface area contributed by atoms with Crippen molar-refractivity contribution in [1.29, 1.82) is 0 Å². The highest BCUT2D eigenvalue weighted by Gasteiger charge is 2.49. The molecule has 1 heterocycles. The van der Waals surface area contributed by atoms with Crippen molar-refractivity contribution in [2.45, 2.75) is 50.5 Å². The van der Waals surface area contributed by atoms with E-state index >= 15 is 0 Å². The van der Waals surface area contributed by atoms with Gasteiger partial charge in [-0.15, -0.1) is 11.3 Å². The van der Waals surface area contributed by atoms with Crippen molar-refractivity contribution < 1.29 is 0 Å². The van der Waals surface area contributed by atoms with E-state index in [1.165, 1.54) is 46.8 Å². The van der Waals surface area contributed by atoms with Gasteiger partial charge in [0.25, 0.3) is 0 Å². The Bertz CT molecular complexity index is 624. The fraction of sp³-hybridized carbons (Fsp3) is 0.500. The molecule has 0 unspecified atom stereocenters. The van der Waals surface area contributed by atoms with Crippen LogP contribution in [0.1, 0.15) is 59.7 Å². The molecule has 2 fully saturated rings. The minimum Gasteiger partial charge on any atom is -0.312 e. The average molecular weight is 298 g/mol.